The highest BCUT2D eigenvalue weighted by Gasteiger charge is 2.34. The predicted octanol–water partition coefficient (Wildman–Crippen LogP) is 2.17. The van der Waals surface area contributed by atoms with Gasteiger partial charge in [-0.3, -0.25) is 4.90 Å². The summed E-state index contributed by atoms with van der Waals surface area (Å²) >= 11 is 0. The van der Waals surface area contributed by atoms with Crippen LogP contribution in [0.3, 0.4) is 0 Å². The number of hydrogen-bond donors (Lipinski definition) is 1. The minimum atomic E-state index is 0.754. The third kappa shape index (κ3) is 2.82. The van der Waals surface area contributed by atoms with Gasteiger partial charge in [0.25, 0.3) is 0 Å². The Morgan fingerprint density at radius 2 is 2.20 bits per heavy atom. The van der Waals surface area contributed by atoms with E-state index >= 15 is 0 Å². The lowest BCUT2D eigenvalue weighted by molar-refractivity contribution is 0.181. The Balaban J connectivity index is 1.75. The van der Waals surface area contributed by atoms with Crippen molar-refractivity contribution >= 4 is 0 Å². The molecule has 2 fully saturated rings. The Labute approximate surface area is 93.7 Å². The maximum absolute atomic E-state index is 3.95. The van der Waals surface area contributed by atoms with E-state index in [1.54, 1.807) is 0 Å². The van der Waals surface area contributed by atoms with Crippen LogP contribution in [-0.4, -0.2) is 36.6 Å². The number of nitrogens with one attached hydrogen (secondary N) is 1. The summed E-state index contributed by atoms with van der Waals surface area (Å²) in [7, 11) is 0. The fourth-order valence-electron chi connectivity index (χ4n) is 2.96. The van der Waals surface area contributed by atoms with Gasteiger partial charge in [0, 0.05) is 18.6 Å². The summed E-state index contributed by atoms with van der Waals surface area (Å²) in [6, 6.07) is 1.59. The molecule has 2 nitrogen and oxygen atoms in total. The van der Waals surface area contributed by atoms with E-state index in [1.807, 2.05) is 0 Å². The first-order valence-corrected chi connectivity index (χ1v) is 6.39. The molecule has 0 radical (unpaired) electrons. The Morgan fingerprint density at radius 3 is 3.00 bits per heavy atom. The van der Waals surface area contributed by atoms with Gasteiger partial charge in [0.2, 0.25) is 0 Å². The zero-order valence-electron chi connectivity index (χ0n) is 9.97. The van der Waals surface area contributed by atoms with Crippen LogP contribution in [0.1, 0.15) is 39.0 Å². The zero-order valence-corrected chi connectivity index (χ0v) is 9.97. The summed E-state index contributed by atoms with van der Waals surface area (Å²) in [5.74, 6) is 0. The highest BCUT2D eigenvalue weighted by molar-refractivity contribution is 4.95. The quantitative estimate of drug-likeness (QED) is 0.712. The molecule has 0 aromatic carbocycles. The van der Waals surface area contributed by atoms with E-state index in [0.29, 0.717) is 0 Å². The van der Waals surface area contributed by atoms with Crippen molar-refractivity contribution in [2.45, 2.75) is 51.1 Å². The van der Waals surface area contributed by atoms with Gasteiger partial charge in [-0.15, -0.1) is 6.58 Å². The molecular weight excluding hydrogens is 184 g/mol. The Bertz CT molecular complexity index is 225. The molecule has 0 amide bonds. The fraction of sp³-hybridized carbons (Fsp3) is 0.846. The van der Waals surface area contributed by atoms with Crippen molar-refractivity contribution in [3.63, 3.8) is 0 Å². The molecule has 2 aliphatic rings. The highest BCUT2D eigenvalue weighted by Crippen LogP contribution is 2.26. The Hall–Kier alpha value is -0.340. The summed E-state index contributed by atoms with van der Waals surface area (Å²) in [5.41, 5.74) is 1.29. The van der Waals surface area contributed by atoms with Crippen LogP contribution in [0.5, 0.6) is 0 Å². The van der Waals surface area contributed by atoms with Crippen molar-refractivity contribution in [2.24, 2.45) is 0 Å². The highest BCUT2D eigenvalue weighted by atomic mass is 15.2. The van der Waals surface area contributed by atoms with E-state index in [2.05, 4.69) is 23.7 Å². The minimum Gasteiger partial charge on any atom is -0.312 e. The largest absolute Gasteiger partial charge is 0.312 e. The van der Waals surface area contributed by atoms with Crippen LogP contribution in [0.15, 0.2) is 12.2 Å². The molecule has 0 aromatic rings. The molecule has 86 valence electrons. The number of rotatable bonds is 4. The number of hydrogen-bond acceptors (Lipinski definition) is 2. The fourth-order valence-corrected chi connectivity index (χ4v) is 2.96. The predicted molar refractivity (Wildman–Crippen MR) is 65.1 cm³/mol. The van der Waals surface area contributed by atoms with Gasteiger partial charge in [0.15, 0.2) is 0 Å². The van der Waals surface area contributed by atoms with Crippen molar-refractivity contribution in [3.05, 3.63) is 12.2 Å². The van der Waals surface area contributed by atoms with Gasteiger partial charge < -0.3 is 5.32 Å². The SMILES string of the molecule is C=C(C)CCNC1CCN2CCCCC12. The second-order valence-corrected chi connectivity index (χ2v) is 5.16. The normalized spacial score (nSPS) is 31.5. The van der Waals surface area contributed by atoms with E-state index in [1.165, 1.54) is 44.3 Å². The van der Waals surface area contributed by atoms with Crippen LogP contribution in [0.2, 0.25) is 0 Å². The summed E-state index contributed by atoms with van der Waals surface area (Å²) in [6.07, 6.45) is 6.73. The van der Waals surface area contributed by atoms with Crippen LogP contribution in [0, 0.1) is 0 Å². The molecule has 0 aromatic heterocycles. The van der Waals surface area contributed by atoms with Crippen molar-refractivity contribution in [3.8, 4) is 0 Å². The topological polar surface area (TPSA) is 15.3 Å². The van der Waals surface area contributed by atoms with Gasteiger partial charge >= 0.3 is 0 Å². The van der Waals surface area contributed by atoms with Crippen LogP contribution in [0.25, 0.3) is 0 Å². The maximum Gasteiger partial charge on any atom is 0.0249 e. The van der Waals surface area contributed by atoms with Crippen molar-refractivity contribution < 1.29 is 0 Å². The monoisotopic (exact) mass is 208 g/mol. The lowest BCUT2D eigenvalue weighted by Gasteiger charge is -2.32. The van der Waals surface area contributed by atoms with E-state index in [-0.39, 0.29) is 0 Å². The molecule has 2 heterocycles. The maximum atomic E-state index is 3.95. The molecular formula is C13H24N2. The van der Waals surface area contributed by atoms with Gasteiger partial charge in [-0.25, -0.2) is 0 Å². The summed E-state index contributed by atoms with van der Waals surface area (Å²) < 4.78 is 0. The molecule has 0 aliphatic carbocycles. The van der Waals surface area contributed by atoms with Gasteiger partial charge in [-0.2, -0.15) is 0 Å². The van der Waals surface area contributed by atoms with Crippen LogP contribution >= 0.6 is 0 Å². The van der Waals surface area contributed by atoms with Gasteiger partial charge in [0.05, 0.1) is 0 Å². The average Bonchev–Trinajstić information content (AvgIpc) is 2.62. The van der Waals surface area contributed by atoms with Gasteiger partial charge in [-0.05, 0) is 45.7 Å². The second kappa shape index (κ2) is 5.13. The van der Waals surface area contributed by atoms with Crippen LogP contribution < -0.4 is 5.32 Å². The van der Waals surface area contributed by atoms with Crippen molar-refractivity contribution in [2.75, 3.05) is 19.6 Å². The van der Waals surface area contributed by atoms with Crippen molar-refractivity contribution in [1.82, 2.24) is 10.2 Å². The number of fused-ring (bicyclic) bond motifs is 1. The van der Waals surface area contributed by atoms with E-state index in [9.17, 15) is 0 Å². The first kappa shape index (κ1) is 11.2. The molecule has 0 spiro atoms. The molecule has 15 heavy (non-hydrogen) atoms. The number of nitrogens with zero attached hydrogens (tertiary/aromatic N) is 1. The second-order valence-electron chi connectivity index (χ2n) is 5.16. The Kier molecular flexibility index (Phi) is 3.81. The third-order valence-electron chi connectivity index (χ3n) is 3.81. The molecule has 0 bridgehead atoms. The molecule has 2 saturated heterocycles. The molecule has 2 unspecified atom stereocenters. The molecule has 2 rings (SSSR count). The molecule has 2 heteroatoms. The molecule has 2 atom stereocenters. The summed E-state index contributed by atoms with van der Waals surface area (Å²) in [6.45, 7) is 9.83. The average molecular weight is 208 g/mol. The molecule has 2 aliphatic heterocycles. The minimum absolute atomic E-state index is 0.754. The first-order valence-electron chi connectivity index (χ1n) is 6.39. The summed E-state index contributed by atoms with van der Waals surface area (Å²) in [4.78, 5) is 2.68. The molecule has 0 saturated carbocycles. The van der Waals surface area contributed by atoms with E-state index < -0.39 is 0 Å². The van der Waals surface area contributed by atoms with Gasteiger partial charge in [-0.1, -0.05) is 12.0 Å². The van der Waals surface area contributed by atoms with Crippen LogP contribution in [-0.2, 0) is 0 Å². The smallest absolute Gasteiger partial charge is 0.0249 e. The van der Waals surface area contributed by atoms with Crippen LogP contribution in [0.4, 0.5) is 0 Å². The zero-order chi connectivity index (χ0) is 10.7. The summed E-state index contributed by atoms with van der Waals surface area (Å²) in [5, 5.41) is 3.71. The van der Waals surface area contributed by atoms with E-state index in [4.69, 9.17) is 0 Å². The lowest BCUT2D eigenvalue weighted by atomic mass is 9.99. The molecule has 1 N–H and O–H groups in total. The third-order valence-corrected chi connectivity index (χ3v) is 3.81. The van der Waals surface area contributed by atoms with Crippen molar-refractivity contribution in [1.29, 1.82) is 0 Å². The number of piperidine rings is 1. The first-order chi connectivity index (χ1) is 7.27. The Morgan fingerprint density at radius 1 is 1.33 bits per heavy atom. The standard InChI is InChI=1S/C13H24N2/c1-11(2)6-8-14-12-7-10-15-9-4-3-5-13(12)15/h12-14H,1,3-10H2,2H3. The lowest BCUT2D eigenvalue weighted by Crippen LogP contribution is -2.45. The van der Waals surface area contributed by atoms with E-state index in [0.717, 1.165) is 25.0 Å². The van der Waals surface area contributed by atoms with Gasteiger partial charge in [0.1, 0.15) is 0 Å².